The number of ether oxygens (including phenoxy) is 1. The Bertz CT molecular complexity index is 1430. The van der Waals surface area contributed by atoms with Gasteiger partial charge in [0.15, 0.2) is 5.65 Å². The molecule has 2 aliphatic rings. The first kappa shape index (κ1) is 22.0. The highest BCUT2D eigenvalue weighted by Gasteiger charge is 2.28. The summed E-state index contributed by atoms with van der Waals surface area (Å²) in [6, 6.07) is 16.6. The van der Waals surface area contributed by atoms with Gasteiger partial charge in [0.1, 0.15) is 11.4 Å². The number of nitrogens with zero attached hydrogens (tertiary/aromatic N) is 3. The highest BCUT2D eigenvalue weighted by atomic mass is 16.5. The van der Waals surface area contributed by atoms with Crippen LogP contribution in [0.5, 0.6) is 5.75 Å². The zero-order valence-corrected chi connectivity index (χ0v) is 20.5. The van der Waals surface area contributed by atoms with E-state index >= 15 is 0 Å². The number of benzene rings is 2. The molecule has 2 fully saturated rings. The van der Waals surface area contributed by atoms with Crippen LogP contribution in [-0.4, -0.2) is 34.8 Å². The fourth-order valence-corrected chi connectivity index (χ4v) is 5.44. The van der Waals surface area contributed by atoms with Crippen molar-refractivity contribution in [1.29, 1.82) is 0 Å². The molecule has 180 valence electrons. The van der Waals surface area contributed by atoms with Crippen molar-refractivity contribution in [3.8, 4) is 17.0 Å². The number of hydrogen-bond donors (Lipinski definition) is 1. The predicted octanol–water partition coefficient (Wildman–Crippen LogP) is 5.47. The van der Waals surface area contributed by atoms with Crippen LogP contribution in [-0.2, 0) is 6.42 Å². The summed E-state index contributed by atoms with van der Waals surface area (Å²) < 4.78 is 7.25. The van der Waals surface area contributed by atoms with Gasteiger partial charge in [0, 0.05) is 36.3 Å². The Morgan fingerprint density at radius 3 is 2.54 bits per heavy atom. The molecule has 1 N–H and O–H groups in total. The fourth-order valence-electron chi connectivity index (χ4n) is 5.44. The lowest BCUT2D eigenvalue weighted by atomic mass is 10.00. The predicted molar refractivity (Wildman–Crippen MR) is 140 cm³/mol. The first-order chi connectivity index (χ1) is 17.1. The Morgan fingerprint density at radius 2 is 1.83 bits per heavy atom. The molecule has 1 saturated carbocycles. The van der Waals surface area contributed by atoms with E-state index in [0.717, 1.165) is 71.1 Å². The molecule has 0 radical (unpaired) electrons. The van der Waals surface area contributed by atoms with E-state index in [1.165, 1.54) is 24.8 Å². The monoisotopic (exact) mass is 468 g/mol. The number of aromatic nitrogens is 3. The molecule has 1 saturated heterocycles. The molecule has 0 bridgehead atoms. The van der Waals surface area contributed by atoms with Gasteiger partial charge in [-0.1, -0.05) is 42.5 Å². The summed E-state index contributed by atoms with van der Waals surface area (Å²) in [5.41, 5.74) is 7.72. The van der Waals surface area contributed by atoms with Crippen LogP contribution in [0, 0.1) is 6.92 Å². The molecule has 6 rings (SSSR count). The number of rotatable bonds is 6. The second-order valence-electron chi connectivity index (χ2n) is 9.92. The molecule has 6 heteroatoms. The van der Waals surface area contributed by atoms with E-state index in [1.54, 1.807) is 11.6 Å². The van der Waals surface area contributed by atoms with Gasteiger partial charge in [-0.2, -0.15) is 4.52 Å². The largest absolute Gasteiger partial charge is 0.496 e. The Kier molecular flexibility index (Phi) is 5.59. The summed E-state index contributed by atoms with van der Waals surface area (Å²) in [5.74, 6) is 1.53. The number of methoxy groups -OCH3 is 1. The molecule has 0 atom stereocenters. The van der Waals surface area contributed by atoms with Crippen LogP contribution in [0.1, 0.15) is 60.4 Å². The van der Waals surface area contributed by atoms with Gasteiger partial charge in [-0.25, -0.2) is 4.98 Å². The van der Waals surface area contributed by atoms with E-state index in [-0.39, 0.29) is 5.56 Å². The standard InChI is InChI=1S/C29H32N4O2/c1-19-23(17-20-11-14-25(35-2)24(18-20)21-12-13-21)29(34)33-28(30-19)27(32-15-7-4-8-16-32)26(31-33)22-9-5-3-6-10-22/h3,5-6,9-11,14,18,21,31H,4,7-8,12-13,15-17H2,1-2H3. The molecule has 4 aromatic rings. The number of H-pyrrole nitrogens is 1. The van der Waals surface area contributed by atoms with Gasteiger partial charge in [0.2, 0.25) is 0 Å². The first-order valence-corrected chi connectivity index (χ1v) is 12.8. The molecule has 2 aromatic heterocycles. The van der Waals surface area contributed by atoms with Gasteiger partial charge in [-0.15, -0.1) is 0 Å². The third-order valence-electron chi connectivity index (χ3n) is 7.48. The maximum atomic E-state index is 13.8. The van der Waals surface area contributed by atoms with Crippen LogP contribution in [0.2, 0.25) is 0 Å². The number of hydrogen-bond acceptors (Lipinski definition) is 4. The van der Waals surface area contributed by atoms with E-state index in [0.29, 0.717) is 12.3 Å². The minimum atomic E-state index is -0.0169. The number of nitrogens with one attached hydrogen (secondary N) is 1. The van der Waals surface area contributed by atoms with Crippen molar-refractivity contribution in [3.63, 3.8) is 0 Å². The molecular formula is C29H32N4O2. The lowest BCUT2D eigenvalue weighted by Crippen LogP contribution is -2.30. The lowest BCUT2D eigenvalue weighted by molar-refractivity contribution is 0.409. The van der Waals surface area contributed by atoms with E-state index < -0.39 is 0 Å². The quantitative estimate of drug-likeness (QED) is 0.408. The molecule has 2 aromatic carbocycles. The SMILES string of the molecule is COc1ccc(Cc2c(C)nc3c(N4CCCCC4)c(-c4ccccc4)[nH]n3c2=O)cc1C1CC1. The van der Waals surface area contributed by atoms with Crippen LogP contribution in [0.4, 0.5) is 5.69 Å². The van der Waals surface area contributed by atoms with Gasteiger partial charge in [-0.05, 0) is 62.1 Å². The van der Waals surface area contributed by atoms with Crippen molar-refractivity contribution in [2.45, 2.75) is 51.4 Å². The molecule has 6 nitrogen and oxygen atoms in total. The van der Waals surface area contributed by atoms with E-state index in [9.17, 15) is 4.79 Å². The molecule has 3 heterocycles. The minimum absolute atomic E-state index is 0.0169. The minimum Gasteiger partial charge on any atom is -0.496 e. The van der Waals surface area contributed by atoms with Crippen LogP contribution >= 0.6 is 0 Å². The zero-order valence-electron chi connectivity index (χ0n) is 20.5. The molecule has 1 aliphatic heterocycles. The maximum absolute atomic E-state index is 13.8. The zero-order chi connectivity index (χ0) is 23.9. The molecule has 0 unspecified atom stereocenters. The maximum Gasteiger partial charge on any atom is 0.276 e. The van der Waals surface area contributed by atoms with E-state index in [4.69, 9.17) is 9.72 Å². The van der Waals surface area contributed by atoms with Crippen molar-refractivity contribution in [3.05, 3.63) is 81.3 Å². The summed E-state index contributed by atoms with van der Waals surface area (Å²) in [6.45, 7) is 3.94. The number of fused-ring (bicyclic) bond motifs is 1. The highest BCUT2D eigenvalue weighted by molar-refractivity contribution is 5.86. The first-order valence-electron chi connectivity index (χ1n) is 12.8. The fraction of sp³-hybridized carbons (Fsp3) is 0.379. The van der Waals surface area contributed by atoms with Crippen LogP contribution in [0.15, 0.2) is 53.3 Å². The van der Waals surface area contributed by atoms with Crippen LogP contribution in [0.3, 0.4) is 0 Å². The summed E-state index contributed by atoms with van der Waals surface area (Å²) in [4.78, 5) is 21.3. The normalized spacial score (nSPS) is 16.1. The van der Waals surface area contributed by atoms with Gasteiger partial charge in [0.05, 0.1) is 12.8 Å². The van der Waals surface area contributed by atoms with Crippen molar-refractivity contribution < 1.29 is 4.74 Å². The van der Waals surface area contributed by atoms with E-state index in [2.05, 4.69) is 34.3 Å². The second-order valence-corrected chi connectivity index (χ2v) is 9.92. The average molecular weight is 469 g/mol. The Balaban J connectivity index is 1.47. The highest BCUT2D eigenvalue weighted by Crippen LogP contribution is 2.44. The summed E-state index contributed by atoms with van der Waals surface area (Å²) >= 11 is 0. The average Bonchev–Trinajstić information content (AvgIpc) is 3.68. The number of aromatic amines is 1. The summed E-state index contributed by atoms with van der Waals surface area (Å²) in [5, 5.41) is 3.44. The van der Waals surface area contributed by atoms with Crippen LogP contribution in [0.25, 0.3) is 16.9 Å². The molecule has 0 amide bonds. The topological polar surface area (TPSA) is 62.6 Å². The summed E-state index contributed by atoms with van der Waals surface area (Å²) in [6.07, 6.45) is 6.54. The van der Waals surface area contributed by atoms with Crippen molar-refractivity contribution >= 4 is 11.3 Å². The lowest BCUT2D eigenvalue weighted by Gasteiger charge is -2.28. The summed E-state index contributed by atoms with van der Waals surface area (Å²) in [7, 11) is 1.73. The van der Waals surface area contributed by atoms with Gasteiger partial charge < -0.3 is 9.64 Å². The Hall–Kier alpha value is -3.54. The third kappa shape index (κ3) is 4.01. The van der Waals surface area contributed by atoms with Crippen molar-refractivity contribution in [2.24, 2.45) is 0 Å². The van der Waals surface area contributed by atoms with Crippen LogP contribution < -0.4 is 15.2 Å². The Morgan fingerprint density at radius 1 is 1.06 bits per heavy atom. The second kappa shape index (κ2) is 8.91. The van der Waals surface area contributed by atoms with Gasteiger partial charge >= 0.3 is 0 Å². The van der Waals surface area contributed by atoms with Crippen molar-refractivity contribution in [2.75, 3.05) is 25.1 Å². The van der Waals surface area contributed by atoms with Gasteiger partial charge in [-0.3, -0.25) is 9.89 Å². The van der Waals surface area contributed by atoms with E-state index in [1.807, 2.05) is 31.2 Å². The number of aryl methyl sites for hydroxylation is 1. The Labute approximate surface area is 205 Å². The molecule has 35 heavy (non-hydrogen) atoms. The molecule has 1 aliphatic carbocycles. The molecule has 0 spiro atoms. The van der Waals surface area contributed by atoms with Gasteiger partial charge in [0.25, 0.3) is 5.56 Å². The third-order valence-corrected chi connectivity index (χ3v) is 7.48. The number of anilines is 1. The smallest absolute Gasteiger partial charge is 0.276 e. The van der Waals surface area contributed by atoms with Crippen molar-refractivity contribution in [1.82, 2.24) is 14.6 Å². The molecular weight excluding hydrogens is 436 g/mol. The number of piperidine rings is 1.